The maximum absolute atomic E-state index is 12.3. The minimum absolute atomic E-state index is 0.112. The Balaban J connectivity index is 2.32. The van der Waals surface area contributed by atoms with Gasteiger partial charge in [0, 0.05) is 6.54 Å². The van der Waals surface area contributed by atoms with Crippen LogP contribution in [0.4, 0.5) is 5.95 Å². The van der Waals surface area contributed by atoms with Crippen molar-refractivity contribution in [1.82, 2.24) is 15.3 Å². The van der Waals surface area contributed by atoms with E-state index in [0.29, 0.717) is 29.2 Å². The summed E-state index contributed by atoms with van der Waals surface area (Å²) >= 11 is 0. The lowest BCUT2D eigenvalue weighted by molar-refractivity contribution is 0.0949. The van der Waals surface area contributed by atoms with Crippen LogP contribution in [0.1, 0.15) is 41.7 Å². The van der Waals surface area contributed by atoms with Gasteiger partial charge in [-0.1, -0.05) is 0 Å². The monoisotopic (exact) mass is 330 g/mol. The molecule has 1 amide bonds. The molecule has 0 saturated heterocycles. The Morgan fingerprint density at radius 2 is 1.88 bits per heavy atom. The van der Waals surface area contributed by atoms with Gasteiger partial charge in [0.2, 0.25) is 5.95 Å². The third-order valence-electron chi connectivity index (χ3n) is 3.46. The Labute approximate surface area is 141 Å². The Kier molecular flexibility index (Phi) is 5.57. The number of methoxy groups -OCH3 is 1. The second-order valence-electron chi connectivity index (χ2n) is 5.22. The number of carbonyl (C=O) groups is 1. The maximum atomic E-state index is 12.3. The number of rotatable bonds is 6. The van der Waals surface area contributed by atoms with Crippen LogP contribution in [-0.2, 0) is 0 Å². The number of ether oxygens (including phenoxy) is 2. The van der Waals surface area contributed by atoms with E-state index in [1.54, 1.807) is 38.3 Å². The molecule has 0 saturated carbocycles. The first-order valence-corrected chi connectivity index (χ1v) is 7.69. The second-order valence-corrected chi connectivity index (χ2v) is 5.22. The van der Waals surface area contributed by atoms with Crippen LogP contribution in [0.5, 0.6) is 11.5 Å². The summed E-state index contributed by atoms with van der Waals surface area (Å²) in [6, 6.07) is 7.18. The summed E-state index contributed by atoms with van der Waals surface area (Å²) in [5, 5.41) is 2.76. The molecular weight excluding hydrogens is 308 g/mol. The van der Waals surface area contributed by atoms with E-state index in [0.717, 1.165) is 5.75 Å². The third-order valence-corrected chi connectivity index (χ3v) is 3.46. The Bertz CT molecular complexity index is 717. The molecule has 1 aromatic heterocycles. The average molecular weight is 330 g/mol. The summed E-state index contributed by atoms with van der Waals surface area (Å²) in [7, 11) is 1.60. The van der Waals surface area contributed by atoms with Crippen LogP contribution < -0.4 is 20.5 Å². The van der Waals surface area contributed by atoms with E-state index < -0.39 is 6.10 Å². The number of anilines is 1. The molecule has 2 aromatic rings. The molecule has 7 nitrogen and oxygen atoms in total. The molecule has 0 aliphatic carbocycles. The number of nitrogens with two attached hydrogens (primary N) is 1. The lowest BCUT2D eigenvalue weighted by Crippen LogP contribution is -2.27. The van der Waals surface area contributed by atoms with Crippen molar-refractivity contribution < 1.29 is 14.3 Å². The predicted octanol–water partition coefficient (Wildman–Crippen LogP) is 2.27. The van der Waals surface area contributed by atoms with Crippen LogP contribution in [0, 0.1) is 6.92 Å². The van der Waals surface area contributed by atoms with E-state index in [9.17, 15) is 4.79 Å². The molecule has 1 atom stereocenters. The van der Waals surface area contributed by atoms with E-state index in [4.69, 9.17) is 15.2 Å². The molecule has 0 radical (unpaired) electrons. The van der Waals surface area contributed by atoms with Crippen molar-refractivity contribution in [2.45, 2.75) is 26.9 Å². The van der Waals surface area contributed by atoms with Crippen molar-refractivity contribution in [3.63, 3.8) is 0 Å². The minimum atomic E-state index is -0.472. The van der Waals surface area contributed by atoms with Gasteiger partial charge in [-0.2, -0.15) is 0 Å². The lowest BCUT2D eigenvalue weighted by atomic mass is 10.1. The fourth-order valence-electron chi connectivity index (χ4n) is 2.36. The highest BCUT2D eigenvalue weighted by Crippen LogP contribution is 2.26. The fraction of sp³-hybridized carbons (Fsp3) is 0.353. The minimum Gasteiger partial charge on any atom is -0.497 e. The Morgan fingerprint density at radius 1 is 1.25 bits per heavy atom. The summed E-state index contributed by atoms with van der Waals surface area (Å²) in [5.41, 5.74) is 7.12. The van der Waals surface area contributed by atoms with E-state index in [1.165, 1.54) is 0 Å². The number of nitrogens with zero attached hydrogens (tertiary/aromatic N) is 2. The summed E-state index contributed by atoms with van der Waals surface area (Å²) in [6.45, 7) is 5.90. The standard InChI is InChI=1S/C17H22N4O3/c1-5-19-16(22)14-10(2)20-17(18)21-15(14)11(3)24-13-8-6-12(23-4)7-9-13/h6-9,11H,5H2,1-4H3,(H,19,22)(H2,18,20,21). The highest BCUT2D eigenvalue weighted by Gasteiger charge is 2.23. The van der Waals surface area contributed by atoms with Gasteiger partial charge >= 0.3 is 0 Å². The molecule has 0 aliphatic rings. The van der Waals surface area contributed by atoms with Crippen LogP contribution in [0.3, 0.4) is 0 Å². The number of hydrogen-bond donors (Lipinski definition) is 2. The molecule has 7 heteroatoms. The van der Waals surface area contributed by atoms with E-state index in [-0.39, 0.29) is 11.9 Å². The van der Waals surface area contributed by atoms with E-state index in [2.05, 4.69) is 15.3 Å². The molecule has 24 heavy (non-hydrogen) atoms. The zero-order valence-electron chi connectivity index (χ0n) is 14.3. The summed E-state index contributed by atoms with van der Waals surface area (Å²) < 4.78 is 11.0. The SMILES string of the molecule is CCNC(=O)c1c(C)nc(N)nc1C(C)Oc1ccc(OC)cc1. The van der Waals surface area contributed by atoms with Gasteiger partial charge in [0.05, 0.1) is 24.1 Å². The van der Waals surface area contributed by atoms with Crippen molar-refractivity contribution in [3.8, 4) is 11.5 Å². The highest BCUT2D eigenvalue weighted by atomic mass is 16.5. The zero-order chi connectivity index (χ0) is 17.7. The van der Waals surface area contributed by atoms with Gasteiger partial charge in [0.15, 0.2) is 0 Å². The number of nitrogen functional groups attached to an aromatic ring is 1. The summed E-state index contributed by atoms with van der Waals surface area (Å²) in [5.74, 6) is 1.25. The maximum Gasteiger partial charge on any atom is 0.255 e. The molecule has 1 heterocycles. The lowest BCUT2D eigenvalue weighted by Gasteiger charge is -2.18. The van der Waals surface area contributed by atoms with Crippen LogP contribution in [0.2, 0.25) is 0 Å². The number of aryl methyl sites for hydroxylation is 1. The van der Waals surface area contributed by atoms with Crippen LogP contribution in [0.15, 0.2) is 24.3 Å². The normalized spacial score (nSPS) is 11.7. The van der Waals surface area contributed by atoms with Crippen LogP contribution in [-0.4, -0.2) is 29.5 Å². The first-order chi connectivity index (χ1) is 11.5. The molecule has 0 bridgehead atoms. The van der Waals surface area contributed by atoms with E-state index in [1.807, 2.05) is 13.8 Å². The molecular formula is C17H22N4O3. The van der Waals surface area contributed by atoms with Crippen LogP contribution >= 0.6 is 0 Å². The molecule has 1 aromatic carbocycles. The number of amides is 1. The van der Waals surface area contributed by atoms with Crippen molar-refractivity contribution in [2.24, 2.45) is 0 Å². The quantitative estimate of drug-likeness (QED) is 0.843. The predicted molar refractivity (Wildman–Crippen MR) is 91.2 cm³/mol. The van der Waals surface area contributed by atoms with Gasteiger partial charge in [0.25, 0.3) is 5.91 Å². The number of nitrogens with one attached hydrogen (secondary N) is 1. The van der Waals surface area contributed by atoms with Crippen molar-refractivity contribution >= 4 is 11.9 Å². The van der Waals surface area contributed by atoms with E-state index >= 15 is 0 Å². The molecule has 3 N–H and O–H groups in total. The molecule has 1 unspecified atom stereocenters. The van der Waals surface area contributed by atoms with Gasteiger partial charge in [-0.15, -0.1) is 0 Å². The average Bonchev–Trinajstić information content (AvgIpc) is 2.54. The van der Waals surface area contributed by atoms with Gasteiger partial charge in [0.1, 0.15) is 17.6 Å². The molecule has 0 fully saturated rings. The van der Waals surface area contributed by atoms with Crippen molar-refractivity contribution in [1.29, 1.82) is 0 Å². The largest absolute Gasteiger partial charge is 0.497 e. The number of benzene rings is 1. The zero-order valence-corrected chi connectivity index (χ0v) is 14.3. The number of hydrogen-bond acceptors (Lipinski definition) is 6. The third kappa shape index (κ3) is 3.92. The first kappa shape index (κ1) is 17.5. The summed E-state index contributed by atoms with van der Waals surface area (Å²) in [6.07, 6.45) is -0.472. The Hall–Kier alpha value is -2.83. The van der Waals surface area contributed by atoms with Gasteiger partial charge in [-0.3, -0.25) is 4.79 Å². The molecule has 2 rings (SSSR count). The Morgan fingerprint density at radius 3 is 2.46 bits per heavy atom. The van der Waals surface area contributed by atoms with Crippen LogP contribution in [0.25, 0.3) is 0 Å². The van der Waals surface area contributed by atoms with Gasteiger partial charge in [-0.05, 0) is 45.0 Å². The topological polar surface area (TPSA) is 99.4 Å². The van der Waals surface area contributed by atoms with Gasteiger partial charge in [-0.25, -0.2) is 9.97 Å². The van der Waals surface area contributed by atoms with Crippen molar-refractivity contribution in [2.75, 3.05) is 19.4 Å². The summed E-state index contributed by atoms with van der Waals surface area (Å²) in [4.78, 5) is 20.6. The number of aromatic nitrogens is 2. The van der Waals surface area contributed by atoms with Crippen molar-refractivity contribution in [3.05, 3.63) is 41.2 Å². The first-order valence-electron chi connectivity index (χ1n) is 7.69. The molecule has 0 spiro atoms. The molecule has 0 aliphatic heterocycles. The molecule has 128 valence electrons. The smallest absolute Gasteiger partial charge is 0.255 e. The highest BCUT2D eigenvalue weighted by molar-refractivity contribution is 5.96. The second kappa shape index (κ2) is 7.63. The fourth-order valence-corrected chi connectivity index (χ4v) is 2.36. The van der Waals surface area contributed by atoms with Gasteiger partial charge < -0.3 is 20.5 Å². The number of carbonyl (C=O) groups excluding carboxylic acids is 1.